The molecular weight excluding hydrogens is 509 g/mol. The van der Waals surface area contributed by atoms with Crippen molar-refractivity contribution in [1.29, 1.82) is 0 Å². The molecule has 4 aromatic rings. The van der Waals surface area contributed by atoms with Crippen molar-refractivity contribution in [3.8, 4) is 33.8 Å². The van der Waals surface area contributed by atoms with Gasteiger partial charge in [0, 0.05) is 23.1 Å². The number of aromatic nitrogens is 2. The third-order valence-corrected chi connectivity index (χ3v) is 7.31. The van der Waals surface area contributed by atoms with Crippen LogP contribution < -0.4 is 9.47 Å². The average Bonchev–Trinajstić information content (AvgIpc) is 3.51. The Kier molecular flexibility index (Phi) is 6.21. The van der Waals surface area contributed by atoms with Crippen molar-refractivity contribution in [1.82, 2.24) is 10.2 Å². The summed E-state index contributed by atoms with van der Waals surface area (Å²) in [5.41, 5.74) is 3.83. The molecule has 0 radical (unpaired) electrons. The Hall–Kier alpha value is -4.40. The third kappa shape index (κ3) is 4.80. The largest absolute Gasteiger partial charge is 0.492 e. The molecule has 1 N–H and O–H groups in total. The minimum atomic E-state index is -4.51. The van der Waals surface area contributed by atoms with E-state index in [4.69, 9.17) is 14.6 Å². The van der Waals surface area contributed by atoms with Gasteiger partial charge in [-0.2, -0.15) is 23.4 Å². The van der Waals surface area contributed by atoms with Gasteiger partial charge >= 0.3 is 12.1 Å². The Balaban J connectivity index is 1.32. The van der Waals surface area contributed by atoms with Crippen molar-refractivity contribution in [2.24, 2.45) is 0 Å². The molecule has 1 aliphatic carbocycles. The van der Waals surface area contributed by atoms with Gasteiger partial charge in [0.15, 0.2) is 0 Å². The Morgan fingerprint density at radius 3 is 2.46 bits per heavy atom. The molecule has 2 atom stereocenters. The Bertz CT molecular complexity index is 1540. The molecule has 0 bridgehead atoms. The highest BCUT2D eigenvalue weighted by Crippen LogP contribution is 2.47. The number of carbonyl (C=O) groups is 1. The van der Waals surface area contributed by atoms with Crippen molar-refractivity contribution in [3.05, 3.63) is 95.3 Å². The highest BCUT2D eigenvalue weighted by molar-refractivity contribution is 5.77. The molecule has 1 aromatic heterocycles. The lowest BCUT2D eigenvalue weighted by Gasteiger charge is -2.20. The van der Waals surface area contributed by atoms with E-state index in [1.807, 2.05) is 0 Å². The van der Waals surface area contributed by atoms with E-state index in [1.165, 1.54) is 6.07 Å². The van der Waals surface area contributed by atoms with E-state index >= 15 is 0 Å². The number of hydrogen-bond acceptors (Lipinski definition) is 5. The van der Waals surface area contributed by atoms with Crippen LogP contribution in [0.15, 0.2) is 73.1 Å². The first-order valence-corrected chi connectivity index (χ1v) is 12.5. The predicted octanol–water partition coefficient (Wildman–Crippen LogP) is 6.85. The van der Waals surface area contributed by atoms with Gasteiger partial charge in [-0.05, 0) is 58.9 Å². The smallest absolute Gasteiger partial charge is 0.417 e. The monoisotopic (exact) mass is 532 g/mol. The molecule has 2 aliphatic rings. The van der Waals surface area contributed by atoms with Gasteiger partial charge in [0.1, 0.15) is 17.6 Å². The normalized spacial score (nSPS) is 17.8. The highest BCUT2D eigenvalue weighted by atomic mass is 19.4. The first-order chi connectivity index (χ1) is 18.8. The fourth-order valence-corrected chi connectivity index (χ4v) is 5.52. The van der Waals surface area contributed by atoms with E-state index in [-0.39, 0.29) is 24.5 Å². The van der Waals surface area contributed by atoms with Crippen LogP contribution in [0.4, 0.5) is 13.2 Å². The highest BCUT2D eigenvalue weighted by Gasteiger charge is 2.38. The van der Waals surface area contributed by atoms with Crippen molar-refractivity contribution in [2.45, 2.75) is 37.5 Å². The number of rotatable bonds is 6. The van der Waals surface area contributed by atoms with E-state index in [9.17, 15) is 18.0 Å². The molecule has 1 aliphatic heterocycles. The lowest BCUT2D eigenvalue weighted by molar-refractivity contribution is -0.138. The second-order valence-corrected chi connectivity index (χ2v) is 9.71. The maximum atomic E-state index is 14.1. The van der Waals surface area contributed by atoms with Gasteiger partial charge in [-0.25, -0.2) is 0 Å². The van der Waals surface area contributed by atoms with E-state index < -0.39 is 23.8 Å². The summed E-state index contributed by atoms with van der Waals surface area (Å²) in [5, 5.41) is 16.8. The molecule has 198 valence electrons. The van der Waals surface area contributed by atoms with Gasteiger partial charge < -0.3 is 14.6 Å². The van der Waals surface area contributed by atoms with Crippen LogP contribution in [-0.2, 0) is 17.4 Å². The molecule has 6 rings (SSSR count). The molecule has 6 nitrogen and oxygen atoms in total. The van der Waals surface area contributed by atoms with Crippen LogP contribution in [0.1, 0.15) is 47.1 Å². The van der Waals surface area contributed by atoms with Gasteiger partial charge in [-0.15, -0.1) is 0 Å². The number of hydrogen-bond donors (Lipinski definition) is 1. The number of ether oxygens (including phenoxy) is 2. The van der Waals surface area contributed by atoms with E-state index in [0.717, 1.165) is 28.3 Å². The standard InChI is InChI=1S/C30H23F3N2O4/c31-30(32,33)25-9-7-23-24(29(25)18-3-1-17(2-4-18)19-11-12-34-35-15-19)8-10-26(23)39-21-5-6-22-20(13-28(36)37)16-38-27(22)14-21/h1-7,9,11-12,14-15,20,26H,8,10,13,16H2,(H,36,37)/t20?,26-/m1/s1. The van der Waals surface area contributed by atoms with Gasteiger partial charge in [-0.3, -0.25) is 4.79 Å². The summed E-state index contributed by atoms with van der Waals surface area (Å²) in [6.45, 7) is 0.289. The number of carboxylic acids is 1. The maximum absolute atomic E-state index is 14.1. The summed E-state index contributed by atoms with van der Waals surface area (Å²) in [5.74, 6) is -0.00500. The van der Waals surface area contributed by atoms with E-state index in [2.05, 4.69) is 10.2 Å². The minimum Gasteiger partial charge on any atom is -0.492 e. The summed E-state index contributed by atoms with van der Waals surface area (Å²) in [4.78, 5) is 11.1. The summed E-state index contributed by atoms with van der Waals surface area (Å²) in [6, 6.07) is 16.7. The van der Waals surface area contributed by atoms with Crippen LogP contribution in [0.25, 0.3) is 22.3 Å². The molecule has 0 saturated carbocycles. The molecule has 1 unspecified atom stereocenters. The quantitative estimate of drug-likeness (QED) is 0.293. The van der Waals surface area contributed by atoms with Crippen molar-refractivity contribution in [3.63, 3.8) is 0 Å². The number of carboxylic acid groups (broad SMARTS) is 1. The fraction of sp³-hybridized carbons (Fsp3) is 0.233. The van der Waals surface area contributed by atoms with Crippen molar-refractivity contribution >= 4 is 5.97 Å². The van der Waals surface area contributed by atoms with Crippen molar-refractivity contribution in [2.75, 3.05) is 6.61 Å². The summed E-state index contributed by atoms with van der Waals surface area (Å²) in [7, 11) is 0. The number of halogens is 3. The molecule has 2 heterocycles. The Morgan fingerprint density at radius 2 is 1.74 bits per heavy atom. The van der Waals surface area contributed by atoms with Gasteiger partial charge in [0.25, 0.3) is 0 Å². The van der Waals surface area contributed by atoms with Crippen LogP contribution in [0, 0.1) is 0 Å². The molecule has 9 heteroatoms. The number of alkyl halides is 3. The Labute approximate surface area is 222 Å². The zero-order valence-electron chi connectivity index (χ0n) is 20.6. The van der Waals surface area contributed by atoms with Crippen molar-refractivity contribution < 1.29 is 32.5 Å². The number of fused-ring (bicyclic) bond motifs is 2. The van der Waals surface area contributed by atoms with Gasteiger partial charge in [0.05, 0.1) is 31.0 Å². The van der Waals surface area contributed by atoms with E-state index in [0.29, 0.717) is 35.5 Å². The molecule has 0 spiro atoms. The van der Waals surface area contributed by atoms with Crippen LogP contribution in [0.5, 0.6) is 11.5 Å². The van der Waals surface area contributed by atoms with Crippen LogP contribution in [-0.4, -0.2) is 27.9 Å². The first-order valence-electron chi connectivity index (χ1n) is 12.5. The molecule has 0 fully saturated rings. The molecule has 39 heavy (non-hydrogen) atoms. The maximum Gasteiger partial charge on any atom is 0.417 e. The SMILES string of the molecule is O=C(O)CC1COc2cc(O[C@@H]3CCc4c3ccc(C(F)(F)F)c4-c3ccc(-c4ccnnc4)cc3)ccc21. The first kappa shape index (κ1) is 24.9. The zero-order valence-corrected chi connectivity index (χ0v) is 20.6. The fourth-order valence-electron chi connectivity index (χ4n) is 5.52. The lowest BCUT2D eigenvalue weighted by Crippen LogP contribution is -2.10. The van der Waals surface area contributed by atoms with Crippen LogP contribution in [0.3, 0.4) is 0 Å². The summed E-state index contributed by atoms with van der Waals surface area (Å²) < 4.78 is 54.3. The van der Waals surface area contributed by atoms with Crippen LogP contribution in [0.2, 0.25) is 0 Å². The number of benzene rings is 3. The minimum absolute atomic E-state index is 0.0199. The third-order valence-electron chi connectivity index (χ3n) is 7.31. The molecule has 0 saturated heterocycles. The number of aliphatic carboxylic acids is 1. The van der Waals surface area contributed by atoms with Crippen LogP contribution >= 0.6 is 0 Å². The average molecular weight is 533 g/mol. The van der Waals surface area contributed by atoms with E-state index in [1.54, 1.807) is 60.9 Å². The second kappa shape index (κ2) is 9.72. The lowest BCUT2D eigenvalue weighted by atomic mass is 9.90. The molecular formula is C30H23F3N2O4. The van der Waals surface area contributed by atoms with Gasteiger partial charge in [-0.1, -0.05) is 36.4 Å². The molecule has 3 aromatic carbocycles. The summed E-state index contributed by atoms with van der Waals surface area (Å²) >= 11 is 0. The molecule has 0 amide bonds. The predicted molar refractivity (Wildman–Crippen MR) is 137 cm³/mol. The summed E-state index contributed by atoms with van der Waals surface area (Å²) in [6.07, 6.45) is -0.806. The van der Waals surface area contributed by atoms with Gasteiger partial charge in [0.2, 0.25) is 0 Å². The Morgan fingerprint density at radius 1 is 0.974 bits per heavy atom. The topological polar surface area (TPSA) is 81.5 Å². The second-order valence-electron chi connectivity index (χ2n) is 9.71. The number of nitrogens with zero attached hydrogens (tertiary/aromatic N) is 2. The zero-order chi connectivity index (χ0) is 27.1.